The van der Waals surface area contributed by atoms with Gasteiger partial charge in [0.25, 0.3) is 0 Å². The predicted molar refractivity (Wildman–Crippen MR) is 77.7 cm³/mol. The van der Waals surface area contributed by atoms with Crippen LogP contribution in [0.3, 0.4) is 0 Å². The van der Waals surface area contributed by atoms with E-state index < -0.39 is 0 Å². The second-order valence-corrected chi connectivity index (χ2v) is 5.48. The SMILES string of the molecule is O=C(Nc1ccc2c(c1)CCN2)NC1CCCCC1. The first-order valence-corrected chi connectivity index (χ1v) is 7.25. The summed E-state index contributed by atoms with van der Waals surface area (Å²) in [5, 5.41) is 9.33. The van der Waals surface area contributed by atoms with Crippen molar-refractivity contribution >= 4 is 17.4 Å². The second kappa shape index (κ2) is 5.51. The smallest absolute Gasteiger partial charge is 0.319 e. The maximum absolute atomic E-state index is 11.9. The number of carbonyl (C=O) groups is 1. The van der Waals surface area contributed by atoms with Crippen molar-refractivity contribution in [2.75, 3.05) is 17.2 Å². The normalized spacial score (nSPS) is 18.5. The minimum atomic E-state index is -0.0715. The Kier molecular flexibility index (Phi) is 3.58. The summed E-state index contributed by atoms with van der Waals surface area (Å²) in [5.74, 6) is 0. The topological polar surface area (TPSA) is 53.2 Å². The molecule has 3 N–H and O–H groups in total. The number of hydrogen-bond acceptors (Lipinski definition) is 2. The first-order chi connectivity index (χ1) is 9.31. The molecule has 0 aromatic heterocycles. The number of anilines is 2. The Bertz CT molecular complexity index is 466. The number of hydrogen-bond donors (Lipinski definition) is 3. The molecule has 102 valence electrons. The lowest BCUT2D eigenvalue weighted by molar-refractivity contribution is 0.244. The standard InChI is InChI=1S/C15H21N3O/c19-15(17-12-4-2-1-3-5-12)18-13-6-7-14-11(10-13)8-9-16-14/h6-7,10,12,16H,1-5,8-9H2,(H2,17,18,19). The summed E-state index contributed by atoms with van der Waals surface area (Å²) in [7, 11) is 0. The highest BCUT2D eigenvalue weighted by atomic mass is 16.2. The van der Waals surface area contributed by atoms with E-state index in [1.165, 1.54) is 30.5 Å². The molecule has 1 aliphatic heterocycles. The van der Waals surface area contributed by atoms with Crippen molar-refractivity contribution in [2.45, 2.75) is 44.6 Å². The average Bonchev–Trinajstić information content (AvgIpc) is 2.87. The summed E-state index contributed by atoms with van der Waals surface area (Å²) < 4.78 is 0. The quantitative estimate of drug-likeness (QED) is 0.764. The molecule has 0 unspecified atom stereocenters. The number of rotatable bonds is 2. The summed E-state index contributed by atoms with van der Waals surface area (Å²) in [6.07, 6.45) is 7.03. The molecule has 1 saturated carbocycles. The van der Waals surface area contributed by atoms with Gasteiger partial charge in [-0.15, -0.1) is 0 Å². The van der Waals surface area contributed by atoms with Gasteiger partial charge in [-0.2, -0.15) is 0 Å². The third kappa shape index (κ3) is 3.00. The highest BCUT2D eigenvalue weighted by Gasteiger charge is 2.16. The van der Waals surface area contributed by atoms with Gasteiger partial charge in [0.05, 0.1) is 0 Å². The largest absolute Gasteiger partial charge is 0.384 e. The molecule has 19 heavy (non-hydrogen) atoms. The van der Waals surface area contributed by atoms with Crippen LogP contribution < -0.4 is 16.0 Å². The van der Waals surface area contributed by atoms with Gasteiger partial charge in [-0.1, -0.05) is 19.3 Å². The fourth-order valence-corrected chi connectivity index (χ4v) is 2.98. The molecule has 1 fully saturated rings. The zero-order valence-corrected chi connectivity index (χ0v) is 11.2. The third-order valence-corrected chi connectivity index (χ3v) is 4.01. The number of carbonyl (C=O) groups excluding carboxylic acids is 1. The number of amides is 2. The average molecular weight is 259 g/mol. The van der Waals surface area contributed by atoms with E-state index in [0.717, 1.165) is 31.5 Å². The van der Waals surface area contributed by atoms with Crippen molar-refractivity contribution in [1.29, 1.82) is 0 Å². The van der Waals surface area contributed by atoms with Crippen LogP contribution in [0.1, 0.15) is 37.7 Å². The van der Waals surface area contributed by atoms with Crippen LogP contribution in [0.5, 0.6) is 0 Å². The van der Waals surface area contributed by atoms with Crippen molar-refractivity contribution in [2.24, 2.45) is 0 Å². The van der Waals surface area contributed by atoms with Gasteiger partial charge >= 0.3 is 6.03 Å². The molecular formula is C15H21N3O. The van der Waals surface area contributed by atoms with Crippen LogP contribution in [0.15, 0.2) is 18.2 Å². The van der Waals surface area contributed by atoms with Crippen LogP contribution in [0, 0.1) is 0 Å². The van der Waals surface area contributed by atoms with E-state index in [1.807, 2.05) is 12.1 Å². The lowest BCUT2D eigenvalue weighted by atomic mass is 9.96. The van der Waals surface area contributed by atoms with Crippen molar-refractivity contribution in [3.63, 3.8) is 0 Å². The Morgan fingerprint density at radius 2 is 2.05 bits per heavy atom. The van der Waals surface area contributed by atoms with E-state index >= 15 is 0 Å². The van der Waals surface area contributed by atoms with Crippen LogP contribution in [0.2, 0.25) is 0 Å². The number of nitrogens with one attached hydrogen (secondary N) is 3. The van der Waals surface area contributed by atoms with Gasteiger partial charge in [-0.25, -0.2) is 4.79 Å². The molecule has 4 heteroatoms. The second-order valence-electron chi connectivity index (χ2n) is 5.48. The predicted octanol–water partition coefficient (Wildman–Crippen LogP) is 3.11. The number of urea groups is 1. The van der Waals surface area contributed by atoms with Crippen LogP contribution in [0.4, 0.5) is 16.2 Å². The molecule has 0 saturated heterocycles. The molecule has 1 aromatic rings. The molecule has 2 amide bonds. The molecule has 1 heterocycles. The Morgan fingerprint density at radius 1 is 1.21 bits per heavy atom. The lowest BCUT2D eigenvalue weighted by Gasteiger charge is -2.22. The van der Waals surface area contributed by atoms with E-state index in [9.17, 15) is 4.79 Å². The highest BCUT2D eigenvalue weighted by Crippen LogP contribution is 2.25. The van der Waals surface area contributed by atoms with E-state index in [-0.39, 0.29) is 6.03 Å². The van der Waals surface area contributed by atoms with E-state index in [4.69, 9.17) is 0 Å². The Labute approximate surface area is 114 Å². The summed E-state index contributed by atoms with van der Waals surface area (Å²) in [5.41, 5.74) is 3.37. The van der Waals surface area contributed by atoms with Gasteiger partial charge in [0.1, 0.15) is 0 Å². The Morgan fingerprint density at radius 3 is 2.89 bits per heavy atom. The van der Waals surface area contributed by atoms with Gasteiger partial charge in [-0.05, 0) is 43.0 Å². The van der Waals surface area contributed by atoms with Crippen LogP contribution in [0.25, 0.3) is 0 Å². The first-order valence-electron chi connectivity index (χ1n) is 7.25. The number of benzene rings is 1. The van der Waals surface area contributed by atoms with Gasteiger partial charge in [0.15, 0.2) is 0 Å². The summed E-state index contributed by atoms with van der Waals surface area (Å²) in [6.45, 7) is 0.993. The maximum Gasteiger partial charge on any atom is 0.319 e. The van der Waals surface area contributed by atoms with Crippen LogP contribution in [-0.4, -0.2) is 18.6 Å². The monoisotopic (exact) mass is 259 g/mol. The van der Waals surface area contributed by atoms with Crippen molar-refractivity contribution < 1.29 is 4.79 Å². The molecular weight excluding hydrogens is 238 g/mol. The molecule has 4 nitrogen and oxygen atoms in total. The molecule has 1 aliphatic carbocycles. The number of fused-ring (bicyclic) bond motifs is 1. The Balaban J connectivity index is 1.56. The fraction of sp³-hybridized carbons (Fsp3) is 0.533. The van der Waals surface area contributed by atoms with Crippen LogP contribution >= 0.6 is 0 Å². The summed E-state index contributed by atoms with van der Waals surface area (Å²) in [4.78, 5) is 11.9. The highest BCUT2D eigenvalue weighted by molar-refractivity contribution is 5.90. The summed E-state index contributed by atoms with van der Waals surface area (Å²) >= 11 is 0. The zero-order chi connectivity index (χ0) is 13.1. The molecule has 0 bridgehead atoms. The molecule has 3 rings (SSSR count). The van der Waals surface area contributed by atoms with Gasteiger partial charge in [0, 0.05) is 24.0 Å². The maximum atomic E-state index is 11.9. The molecule has 0 radical (unpaired) electrons. The van der Waals surface area contributed by atoms with Gasteiger partial charge in [0.2, 0.25) is 0 Å². The third-order valence-electron chi connectivity index (χ3n) is 4.01. The van der Waals surface area contributed by atoms with Crippen molar-refractivity contribution in [3.8, 4) is 0 Å². The van der Waals surface area contributed by atoms with Gasteiger partial charge in [-0.3, -0.25) is 0 Å². The molecule has 2 aliphatic rings. The Hall–Kier alpha value is -1.71. The fourth-order valence-electron chi connectivity index (χ4n) is 2.98. The van der Waals surface area contributed by atoms with Crippen molar-refractivity contribution in [1.82, 2.24) is 5.32 Å². The first kappa shape index (κ1) is 12.3. The van der Waals surface area contributed by atoms with Crippen LogP contribution in [-0.2, 0) is 6.42 Å². The molecule has 1 aromatic carbocycles. The minimum absolute atomic E-state index is 0.0715. The van der Waals surface area contributed by atoms with Gasteiger partial charge < -0.3 is 16.0 Å². The van der Waals surface area contributed by atoms with E-state index in [0.29, 0.717) is 6.04 Å². The van der Waals surface area contributed by atoms with E-state index in [1.54, 1.807) is 0 Å². The zero-order valence-electron chi connectivity index (χ0n) is 11.2. The summed E-state index contributed by atoms with van der Waals surface area (Å²) in [6, 6.07) is 6.34. The molecule has 0 atom stereocenters. The van der Waals surface area contributed by atoms with Crippen molar-refractivity contribution in [3.05, 3.63) is 23.8 Å². The van der Waals surface area contributed by atoms with E-state index in [2.05, 4.69) is 22.0 Å². The lowest BCUT2D eigenvalue weighted by Crippen LogP contribution is -2.39. The molecule has 0 spiro atoms. The minimum Gasteiger partial charge on any atom is -0.384 e.